The summed E-state index contributed by atoms with van der Waals surface area (Å²) in [5.74, 6) is 0.926. The summed E-state index contributed by atoms with van der Waals surface area (Å²) < 4.78 is 8.65. The van der Waals surface area contributed by atoms with Gasteiger partial charge in [-0.2, -0.15) is 0 Å². The number of hydrogen-bond acceptors (Lipinski definition) is 3. The van der Waals surface area contributed by atoms with Gasteiger partial charge in [0.05, 0.1) is 29.6 Å². The number of aromatic nitrogens is 2. The minimum Gasteiger partial charge on any atom is -0.490 e. The number of anilines is 1. The molecule has 1 N–H and O–H groups in total. The van der Waals surface area contributed by atoms with Gasteiger partial charge in [0.1, 0.15) is 5.75 Å². The van der Waals surface area contributed by atoms with Crippen LogP contribution in [0.2, 0.25) is 0 Å². The van der Waals surface area contributed by atoms with Crippen molar-refractivity contribution < 1.29 is 4.74 Å². The van der Waals surface area contributed by atoms with E-state index in [0.29, 0.717) is 11.2 Å². The summed E-state index contributed by atoms with van der Waals surface area (Å²) in [6, 6.07) is 23.2. The van der Waals surface area contributed by atoms with Crippen LogP contribution in [0.1, 0.15) is 71.5 Å². The molecule has 0 spiro atoms. The highest BCUT2D eigenvalue weighted by Crippen LogP contribution is 2.44. The minimum absolute atomic E-state index is 0.0572. The topological polar surface area (TPSA) is 42.3 Å². The lowest BCUT2D eigenvalue weighted by Crippen LogP contribution is -2.29. The maximum atomic E-state index is 6.25. The number of nitrogens with one attached hydrogen (secondary N) is 1. The highest BCUT2D eigenvalue weighted by atomic mass is 32.1. The van der Waals surface area contributed by atoms with E-state index in [9.17, 15) is 0 Å². The third kappa shape index (κ3) is 4.71. The first kappa shape index (κ1) is 25.6. The zero-order valence-corrected chi connectivity index (χ0v) is 24.0. The molecule has 4 aromatic rings. The molecule has 1 saturated heterocycles. The Morgan fingerprint density at radius 3 is 2.28 bits per heavy atom. The number of ether oxygens (including phenoxy) is 1. The second-order valence-electron chi connectivity index (χ2n) is 10.9. The Hall–Kier alpha value is -3.64. The summed E-state index contributed by atoms with van der Waals surface area (Å²) in [5.41, 5.74) is 9.47. The number of rotatable bonds is 6. The van der Waals surface area contributed by atoms with Gasteiger partial charge in [-0.25, -0.2) is 0 Å². The van der Waals surface area contributed by atoms with Gasteiger partial charge in [0, 0.05) is 23.3 Å². The van der Waals surface area contributed by atoms with Crippen LogP contribution in [-0.4, -0.2) is 20.8 Å². The van der Waals surface area contributed by atoms with Crippen LogP contribution in [-0.2, 0) is 0 Å². The molecule has 6 rings (SSSR count). The molecular formula is C33H36N4OS. The van der Waals surface area contributed by atoms with Gasteiger partial charge in [0.2, 0.25) is 0 Å². The Morgan fingerprint density at radius 2 is 1.62 bits per heavy atom. The highest BCUT2D eigenvalue weighted by Gasteiger charge is 2.42. The van der Waals surface area contributed by atoms with Crippen molar-refractivity contribution in [1.29, 1.82) is 0 Å². The lowest BCUT2D eigenvalue weighted by atomic mass is 9.96. The van der Waals surface area contributed by atoms with E-state index < -0.39 is 0 Å². The molecule has 5 nitrogen and oxygen atoms in total. The predicted octanol–water partition coefficient (Wildman–Crippen LogP) is 7.60. The minimum atomic E-state index is -0.0833. The second-order valence-corrected chi connectivity index (χ2v) is 11.3. The number of pyridine rings is 1. The second kappa shape index (κ2) is 10.5. The molecule has 2 unspecified atom stereocenters. The summed E-state index contributed by atoms with van der Waals surface area (Å²) in [4.78, 5) is 7.00. The Morgan fingerprint density at radius 1 is 0.897 bits per heavy atom. The SMILES string of the molecule is Cc1cccc(C)c1-n1c(C)cc(C2C(c3ccccn3)NC(=S)N2c2ccc(OC3CCCC3)cc2)c1C. The molecule has 3 heterocycles. The molecule has 0 amide bonds. The van der Waals surface area contributed by atoms with Crippen molar-refractivity contribution in [2.45, 2.75) is 71.6 Å². The molecule has 6 heteroatoms. The lowest BCUT2D eigenvalue weighted by molar-refractivity contribution is 0.210. The average molecular weight is 537 g/mol. The number of aryl methyl sites for hydroxylation is 3. The molecule has 1 aliphatic heterocycles. The fourth-order valence-corrected chi connectivity index (χ4v) is 6.77. The van der Waals surface area contributed by atoms with Crippen molar-refractivity contribution in [2.75, 3.05) is 4.90 Å². The van der Waals surface area contributed by atoms with Gasteiger partial charge >= 0.3 is 0 Å². The molecule has 2 aliphatic rings. The Bertz CT molecular complexity index is 1470. The lowest BCUT2D eigenvalue weighted by Gasteiger charge is -2.28. The number of para-hydroxylation sites is 1. The smallest absolute Gasteiger partial charge is 0.174 e. The van der Waals surface area contributed by atoms with Gasteiger partial charge in [0.25, 0.3) is 0 Å². The third-order valence-corrected chi connectivity index (χ3v) is 8.58. The number of nitrogens with zero attached hydrogens (tertiary/aromatic N) is 3. The third-order valence-electron chi connectivity index (χ3n) is 8.27. The van der Waals surface area contributed by atoms with Crippen LogP contribution < -0.4 is 15.0 Å². The zero-order chi connectivity index (χ0) is 27.1. The Kier molecular flexibility index (Phi) is 6.90. The molecule has 2 aromatic carbocycles. The van der Waals surface area contributed by atoms with Crippen molar-refractivity contribution in [1.82, 2.24) is 14.9 Å². The van der Waals surface area contributed by atoms with Crippen LogP contribution >= 0.6 is 12.2 Å². The number of hydrogen-bond donors (Lipinski definition) is 1. The first-order chi connectivity index (χ1) is 18.9. The maximum Gasteiger partial charge on any atom is 0.174 e. The number of benzene rings is 2. The molecular weight excluding hydrogens is 500 g/mol. The van der Waals surface area contributed by atoms with Gasteiger partial charge < -0.3 is 19.5 Å². The summed E-state index contributed by atoms with van der Waals surface area (Å²) in [6.07, 6.45) is 7.00. The van der Waals surface area contributed by atoms with Crippen LogP contribution in [0.15, 0.2) is 72.9 Å². The van der Waals surface area contributed by atoms with E-state index >= 15 is 0 Å². The van der Waals surface area contributed by atoms with Crippen LogP contribution in [0.25, 0.3) is 5.69 Å². The summed E-state index contributed by atoms with van der Waals surface area (Å²) in [7, 11) is 0. The molecule has 1 saturated carbocycles. The summed E-state index contributed by atoms with van der Waals surface area (Å²) in [6.45, 7) is 8.79. The van der Waals surface area contributed by atoms with Gasteiger partial charge in [-0.3, -0.25) is 4.98 Å². The highest BCUT2D eigenvalue weighted by molar-refractivity contribution is 7.80. The molecule has 1 aliphatic carbocycles. The largest absolute Gasteiger partial charge is 0.490 e. The van der Waals surface area contributed by atoms with E-state index in [4.69, 9.17) is 21.9 Å². The average Bonchev–Trinajstić information content (AvgIpc) is 3.64. The molecule has 2 fully saturated rings. The Labute approximate surface area is 236 Å². The van der Waals surface area contributed by atoms with Gasteiger partial charge in [-0.1, -0.05) is 24.3 Å². The molecule has 0 bridgehead atoms. The van der Waals surface area contributed by atoms with Gasteiger partial charge in [0.15, 0.2) is 5.11 Å². The molecule has 0 radical (unpaired) electrons. The molecule has 2 aromatic heterocycles. The van der Waals surface area contributed by atoms with Crippen molar-refractivity contribution >= 4 is 23.0 Å². The van der Waals surface area contributed by atoms with E-state index in [2.05, 4.69) is 97.1 Å². The van der Waals surface area contributed by atoms with E-state index in [1.807, 2.05) is 18.3 Å². The van der Waals surface area contributed by atoms with Gasteiger partial charge in [-0.05, 0) is 125 Å². The fourth-order valence-electron chi connectivity index (χ4n) is 6.42. The van der Waals surface area contributed by atoms with Crippen molar-refractivity contribution in [3.63, 3.8) is 0 Å². The van der Waals surface area contributed by atoms with Crippen LogP contribution in [0.3, 0.4) is 0 Å². The van der Waals surface area contributed by atoms with Crippen molar-refractivity contribution in [2.24, 2.45) is 0 Å². The normalized spacial score (nSPS) is 19.5. The molecule has 2 atom stereocenters. The first-order valence-corrected chi connectivity index (χ1v) is 14.4. The van der Waals surface area contributed by atoms with E-state index in [1.165, 1.54) is 46.6 Å². The predicted molar refractivity (Wildman–Crippen MR) is 162 cm³/mol. The van der Waals surface area contributed by atoms with Gasteiger partial charge in [-0.15, -0.1) is 0 Å². The maximum absolute atomic E-state index is 6.25. The molecule has 200 valence electrons. The monoisotopic (exact) mass is 536 g/mol. The summed E-state index contributed by atoms with van der Waals surface area (Å²) in [5, 5.41) is 4.32. The van der Waals surface area contributed by atoms with E-state index in [-0.39, 0.29) is 12.1 Å². The molecule has 39 heavy (non-hydrogen) atoms. The van der Waals surface area contributed by atoms with Crippen molar-refractivity contribution in [3.8, 4) is 11.4 Å². The van der Waals surface area contributed by atoms with Crippen molar-refractivity contribution in [3.05, 3.63) is 107 Å². The zero-order valence-electron chi connectivity index (χ0n) is 23.1. The van der Waals surface area contributed by atoms with E-state index in [1.54, 1.807) is 0 Å². The van der Waals surface area contributed by atoms with Crippen LogP contribution in [0.5, 0.6) is 5.75 Å². The summed E-state index contributed by atoms with van der Waals surface area (Å²) >= 11 is 5.99. The first-order valence-electron chi connectivity index (χ1n) is 13.9. The van der Waals surface area contributed by atoms with E-state index in [0.717, 1.165) is 30.0 Å². The fraction of sp³-hybridized carbons (Fsp3) is 0.333. The number of thiocarbonyl (C=S) groups is 1. The quantitative estimate of drug-likeness (QED) is 0.257. The van der Waals surface area contributed by atoms with Crippen LogP contribution in [0, 0.1) is 27.7 Å². The van der Waals surface area contributed by atoms with Crippen LogP contribution in [0.4, 0.5) is 5.69 Å². The Balaban J connectivity index is 1.43. The standard InChI is InChI=1S/C33H36N4OS/c1-21-10-9-11-22(2)31(21)36-23(3)20-28(24(36)4)32-30(29-14-7-8-19-34-29)35-33(39)37(32)25-15-17-27(18-16-25)38-26-12-5-6-13-26/h7-11,14-20,26,30,32H,5-6,12-13H2,1-4H3,(H,35,39).